The maximum Gasteiger partial charge on any atom is 0.264 e. The molecule has 0 fully saturated rings. The van der Waals surface area contributed by atoms with Crippen LogP contribution >= 0.6 is 0 Å². The van der Waals surface area contributed by atoms with Gasteiger partial charge in [0, 0.05) is 12.0 Å². The maximum atomic E-state index is 12.1. The zero-order valence-electron chi connectivity index (χ0n) is 8.57. The Morgan fingerprint density at radius 3 is 2.38 bits per heavy atom. The van der Waals surface area contributed by atoms with E-state index in [1.54, 1.807) is 30.3 Å². The van der Waals surface area contributed by atoms with E-state index in [1.165, 1.54) is 0 Å². The number of carbonyl (C=O) groups excluding carboxylic acids is 1. The molecule has 1 N–H and O–H groups in total. The van der Waals surface area contributed by atoms with Crippen molar-refractivity contribution >= 4 is 5.78 Å². The van der Waals surface area contributed by atoms with E-state index in [1.807, 2.05) is 0 Å². The number of ketones is 1. The van der Waals surface area contributed by atoms with E-state index in [0.29, 0.717) is 5.56 Å². The summed E-state index contributed by atoms with van der Waals surface area (Å²) >= 11 is 0. The van der Waals surface area contributed by atoms with E-state index < -0.39 is 24.7 Å². The molecule has 0 spiro atoms. The Kier molecular flexibility index (Phi) is 4.31. The number of benzene rings is 1. The Morgan fingerprint density at radius 1 is 1.31 bits per heavy atom. The second-order valence-electron chi connectivity index (χ2n) is 3.40. The summed E-state index contributed by atoms with van der Waals surface area (Å²) in [5, 5.41) is 8.93. The molecule has 16 heavy (non-hydrogen) atoms. The molecule has 0 saturated heterocycles. The van der Waals surface area contributed by atoms with Crippen LogP contribution in [0.1, 0.15) is 16.8 Å². The molecule has 0 saturated carbocycles. The van der Waals surface area contributed by atoms with Crippen LogP contribution in [-0.4, -0.2) is 23.4 Å². The van der Waals surface area contributed by atoms with E-state index >= 15 is 0 Å². The number of hydrogen-bond donors (Lipinski definition) is 1. The second-order valence-corrected chi connectivity index (χ2v) is 3.40. The number of Topliss-reactive ketones (excluding diaryl/α,β-unsaturated/α-hetero) is 1. The van der Waals surface area contributed by atoms with Crippen molar-refractivity contribution in [2.45, 2.75) is 19.0 Å². The van der Waals surface area contributed by atoms with Gasteiger partial charge >= 0.3 is 0 Å². The molecule has 0 heterocycles. The largest absolute Gasteiger partial charge is 0.387 e. The van der Waals surface area contributed by atoms with Crippen LogP contribution in [0.15, 0.2) is 42.5 Å². The van der Waals surface area contributed by atoms with Gasteiger partial charge in [-0.3, -0.25) is 4.79 Å². The quantitative estimate of drug-likeness (QED) is 0.618. The third-order valence-electron chi connectivity index (χ3n) is 2.10. The first-order valence-corrected chi connectivity index (χ1v) is 4.76. The lowest BCUT2D eigenvalue weighted by molar-refractivity contribution is -0.00355. The van der Waals surface area contributed by atoms with Crippen LogP contribution in [0.4, 0.5) is 8.78 Å². The Labute approximate surface area is 92.2 Å². The standard InChI is InChI=1S/C12H12F2O2/c1-8(7-10(15)12(13)14)11(16)9-5-3-2-4-6-9/h2-6,10,12,15H,1,7H2. The summed E-state index contributed by atoms with van der Waals surface area (Å²) in [6.07, 6.45) is -5.11. The summed E-state index contributed by atoms with van der Waals surface area (Å²) in [5.74, 6) is -0.416. The number of aliphatic hydroxyl groups is 1. The molecule has 0 radical (unpaired) electrons. The predicted molar refractivity (Wildman–Crippen MR) is 56.5 cm³/mol. The van der Waals surface area contributed by atoms with Crippen LogP contribution in [0.25, 0.3) is 0 Å². The SMILES string of the molecule is C=C(CC(O)C(F)F)C(=O)c1ccccc1. The van der Waals surface area contributed by atoms with Crippen molar-refractivity contribution in [3.63, 3.8) is 0 Å². The Morgan fingerprint density at radius 2 is 1.88 bits per heavy atom. The van der Waals surface area contributed by atoms with Gasteiger partial charge in [0.05, 0.1) is 0 Å². The summed E-state index contributed by atoms with van der Waals surface area (Å²) in [5.41, 5.74) is 0.368. The number of rotatable bonds is 5. The third kappa shape index (κ3) is 3.24. The molecule has 1 atom stereocenters. The van der Waals surface area contributed by atoms with Crippen molar-refractivity contribution in [2.24, 2.45) is 0 Å². The summed E-state index contributed by atoms with van der Waals surface area (Å²) in [6, 6.07) is 8.23. The molecule has 0 aromatic heterocycles. The summed E-state index contributed by atoms with van der Waals surface area (Å²) in [4.78, 5) is 11.6. The molecule has 1 rings (SSSR count). The van der Waals surface area contributed by atoms with E-state index in [4.69, 9.17) is 5.11 Å². The normalized spacial score (nSPS) is 12.5. The highest BCUT2D eigenvalue weighted by molar-refractivity contribution is 6.08. The maximum absolute atomic E-state index is 12.1. The van der Waals surface area contributed by atoms with E-state index in [-0.39, 0.29) is 5.57 Å². The molecular weight excluding hydrogens is 214 g/mol. The molecule has 2 nitrogen and oxygen atoms in total. The van der Waals surface area contributed by atoms with Gasteiger partial charge in [0.2, 0.25) is 0 Å². The molecule has 1 aromatic carbocycles. The minimum Gasteiger partial charge on any atom is -0.387 e. The van der Waals surface area contributed by atoms with Gasteiger partial charge in [-0.25, -0.2) is 8.78 Å². The minimum absolute atomic E-state index is 0.0148. The molecule has 4 heteroatoms. The average Bonchev–Trinajstić information content (AvgIpc) is 2.28. The van der Waals surface area contributed by atoms with Gasteiger partial charge in [0.25, 0.3) is 6.43 Å². The minimum atomic E-state index is -2.86. The second kappa shape index (κ2) is 5.51. The fourth-order valence-electron chi connectivity index (χ4n) is 1.23. The van der Waals surface area contributed by atoms with Crippen molar-refractivity contribution in [2.75, 3.05) is 0 Å². The highest BCUT2D eigenvalue weighted by Gasteiger charge is 2.21. The molecule has 0 aliphatic carbocycles. The van der Waals surface area contributed by atoms with Crippen LogP contribution in [0.2, 0.25) is 0 Å². The lowest BCUT2D eigenvalue weighted by Gasteiger charge is -2.10. The van der Waals surface area contributed by atoms with Gasteiger partial charge in [-0.05, 0) is 5.57 Å². The Bertz CT molecular complexity index is 374. The molecule has 0 aliphatic rings. The van der Waals surface area contributed by atoms with Crippen molar-refractivity contribution < 1.29 is 18.7 Å². The van der Waals surface area contributed by atoms with Gasteiger partial charge < -0.3 is 5.11 Å². The molecular formula is C12H12F2O2. The fourth-order valence-corrected chi connectivity index (χ4v) is 1.23. The summed E-state index contributed by atoms with van der Waals surface area (Å²) < 4.78 is 24.1. The highest BCUT2D eigenvalue weighted by Crippen LogP contribution is 2.15. The van der Waals surface area contributed by atoms with E-state index in [9.17, 15) is 13.6 Å². The highest BCUT2D eigenvalue weighted by atomic mass is 19.3. The zero-order valence-corrected chi connectivity index (χ0v) is 8.57. The van der Waals surface area contributed by atoms with Crippen LogP contribution < -0.4 is 0 Å². The van der Waals surface area contributed by atoms with Crippen molar-refractivity contribution in [3.8, 4) is 0 Å². The zero-order chi connectivity index (χ0) is 12.1. The monoisotopic (exact) mass is 226 g/mol. The fraction of sp³-hybridized carbons (Fsp3) is 0.250. The Hall–Kier alpha value is -1.55. The van der Waals surface area contributed by atoms with Gasteiger partial charge in [-0.15, -0.1) is 0 Å². The van der Waals surface area contributed by atoms with Gasteiger partial charge in [-0.2, -0.15) is 0 Å². The van der Waals surface area contributed by atoms with E-state index in [0.717, 1.165) is 0 Å². The number of hydrogen-bond acceptors (Lipinski definition) is 2. The molecule has 1 unspecified atom stereocenters. The van der Waals surface area contributed by atoms with Crippen molar-refractivity contribution in [3.05, 3.63) is 48.0 Å². The topological polar surface area (TPSA) is 37.3 Å². The first kappa shape index (κ1) is 12.5. The van der Waals surface area contributed by atoms with Crippen LogP contribution in [0.5, 0.6) is 0 Å². The Balaban J connectivity index is 2.66. The van der Waals surface area contributed by atoms with Crippen LogP contribution in [-0.2, 0) is 0 Å². The molecule has 0 bridgehead atoms. The average molecular weight is 226 g/mol. The lowest BCUT2D eigenvalue weighted by Crippen LogP contribution is -2.20. The van der Waals surface area contributed by atoms with Crippen molar-refractivity contribution in [1.29, 1.82) is 0 Å². The first-order chi connectivity index (χ1) is 7.52. The number of aliphatic hydroxyl groups excluding tert-OH is 1. The van der Waals surface area contributed by atoms with Crippen LogP contribution in [0, 0.1) is 0 Å². The molecule has 1 aromatic rings. The van der Waals surface area contributed by atoms with Gasteiger partial charge in [-0.1, -0.05) is 36.9 Å². The molecule has 86 valence electrons. The van der Waals surface area contributed by atoms with Crippen LogP contribution in [0.3, 0.4) is 0 Å². The van der Waals surface area contributed by atoms with Crippen molar-refractivity contribution in [1.82, 2.24) is 0 Å². The lowest BCUT2D eigenvalue weighted by atomic mass is 10.00. The first-order valence-electron chi connectivity index (χ1n) is 4.76. The van der Waals surface area contributed by atoms with Gasteiger partial charge in [0.1, 0.15) is 6.10 Å². The smallest absolute Gasteiger partial charge is 0.264 e. The van der Waals surface area contributed by atoms with E-state index in [2.05, 4.69) is 6.58 Å². The number of carbonyl (C=O) groups is 1. The summed E-state index contributed by atoms with van der Waals surface area (Å²) in [6.45, 7) is 3.41. The predicted octanol–water partition coefficient (Wildman–Crippen LogP) is 2.44. The molecule has 0 aliphatic heterocycles. The number of halogens is 2. The number of alkyl halides is 2. The third-order valence-corrected chi connectivity index (χ3v) is 2.10. The molecule has 0 amide bonds. The summed E-state index contributed by atoms with van der Waals surface area (Å²) in [7, 11) is 0. The van der Waals surface area contributed by atoms with Gasteiger partial charge in [0.15, 0.2) is 5.78 Å².